The zero-order valence-electron chi connectivity index (χ0n) is 11.6. The lowest BCUT2D eigenvalue weighted by Gasteiger charge is -2.24. The number of rotatable bonds is 6. The first-order chi connectivity index (χ1) is 8.40. The molecule has 102 valence electrons. The van der Waals surface area contributed by atoms with Crippen LogP contribution in [0, 0.1) is 0 Å². The molecule has 0 fully saturated rings. The minimum atomic E-state index is -3.10. The third-order valence-electron chi connectivity index (χ3n) is 3.31. The van der Waals surface area contributed by atoms with E-state index in [1.54, 1.807) is 12.1 Å². The molecule has 0 spiro atoms. The van der Waals surface area contributed by atoms with Gasteiger partial charge in [0.1, 0.15) is 0 Å². The average Bonchev–Trinajstić information content (AvgIpc) is 2.30. The van der Waals surface area contributed by atoms with E-state index in [0.29, 0.717) is 16.9 Å². The minimum Gasteiger partial charge on any atom is -0.314 e. The highest BCUT2D eigenvalue weighted by Gasteiger charge is 2.17. The molecule has 18 heavy (non-hydrogen) atoms. The molecule has 0 radical (unpaired) electrons. The standard InChI is InChI=1S/C14H23NO2S/c1-5-14(11(3)15-6-2)12-7-9-13(10-8-12)18(4,16)17/h7-11,14-15H,5-6H2,1-4H3. The van der Waals surface area contributed by atoms with Crippen molar-refractivity contribution in [3.63, 3.8) is 0 Å². The number of benzene rings is 1. The Morgan fingerprint density at radius 3 is 2.11 bits per heavy atom. The number of nitrogens with one attached hydrogen (secondary N) is 1. The van der Waals surface area contributed by atoms with Gasteiger partial charge in [-0.25, -0.2) is 8.42 Å². The predicted molar refractivity (Wildman–Crippen MR) is 75.7 cm³/mol. The summed E-state index contributed by atoms with van der Waals surface area (Å²) in [6, 6.07) is 7.65. The molecule has 0 aliphatic heterocycles. The maximum Gasteiger partial charge on any atom is 0.175 e. The second-order valence-electron chi connectivity index (χ2n) is 4.70. The van der Waals surface area contributed by atoms with Crippen molar-refractivity contribution in [2.45, 2.75) is 44.0 Å². The Morgan fingerprint density at radius 2 is 1.72 bits per heavy atom. The lowest BCUT2D eigenvalue weighted by molar-refractivity contribution is 0.460. The first-order valence-electron chi connectivity index (χ1n) is 6.43. The van der Waals surface area contributed by atoms with E-state index in [9.17, 15) is 8.42 Å². The number of hydrogen-bond acceptors (Lipinski definition) is 3. The molecule has 0 aromatic heterocycles. The highest BCUT2D eigenvalue weighted by molar-refractivity contribution is 7.90. The Morgan fingerprint density at radius 1 is 1.17 bits per heavy atom. The average molecular weight is 269 g/mol. The van der Waals surface area contributed by atoms with Crippen molar-refractivity contribution in [3.8, 4) is 0 Å². The predicted octanol–water partition coefficient (Wildman–Crippen LogP) is 2.58. The lowest BCUT2D eigenvalue weighted by Crippen LogP contribution is -2.31. The van der Waals surface area contributed by atoms with Gasteiger partial charge in [-0.2, -0.15) is 0 Å². The molecule has 4 heteroatoms. The summed E-state index contributed by atoms with van der Waals surface area (Å²) in [5.41, 5.74) is 1.19. The first-order valence-corrected chi connectivity index (χ1v) is 8.32. The van der Waals surface area contributed by atoms with Gasteiger partial charge < -0.3 is 5.32 Å². The summed E-state index contributed by atoms with van der Waals surface area (Å²) in [7, 11) is -3.10. The summed E-state index contributed by atoms with van der Waals surface area (Å²) in [4.78, 5) is 0.386. The van der Waals surface area contributed by atoms with Gasteiger partial charge in [-0.05, 0) is 43.5 Å². The van der Waals surface area contributed by atoms with Crippen molar-refractivity contribution in [2.75, 3.05) is 12.8 Å². The van der Waals surface area contributed by atoms with Crippen LogP contribution in [0.2, 0.25) is 0 Å². The highest BCUT2D eigenvalue weighted by Crippen LogP contribution is 2.24. The van der Waals surface area contributed by atoms with E-state index in [-0.39, 0.29) is 0 Å². The first kappa shape index (κ1) is 15.2. The fourth-order valence-corrected chi connectivity index (χ4v) is 2.93. The minimum absolute atomic E-state index is 0.386. The molecule has 0 saturated carbocycles. The van der Waals surface area contributed by atoms with Gasteiger partial charge in [0.15, 0.2) is 9.84 Å². The van der Waals surface area contributed by atoms with Crippen molar-refractivity contribution in [1.29, 1.82) is 0 Å². The van der Waals surface area contributed by atoms with Crippen LogP contribution < -0.4 is 5.32 Å². The van der Waals surface area contributed by atoms with Crippen LogP contribution in [0.3, 0.4) is 0 Å². The van der Waals surface area contributed by atoms with Crippen LogP contribution in [0.25, 0.3) is 0 Å². The van der Waals surface area contributed by atoms with Crippen LogP contribution in [-0.4, -0.2) is 27.3 Å². The normalized spacial score (nSPS) is 15.3. The van der Waals surface area contributed by atoms with Gasteiger partial charge in [0, 0.05) is 12.3 Å². The fraction of sp³-hybridized carbons (Fsp3) is 0.571. The molecule has 3 nitrogen and oxygen atoms in total. The van der Waals surface area contributed by atoms with E-state index < -0.39 is 9.84 Å². The summed E-state index contributed by atoms with van der Waals surface area (Å²) in [5, 5.41) is 3.42. The Balaban J connectivity index is 2.95. The molecule has 2 atom stereocenters. The van der Waals surface area contributed by atoms with Gasteiger partial charge >= 0.3 is 0 Å². The lowest BCUT2D eigenvalue weighted by atomic mass is 9.90. The molecule has 1 aromatic rings. The topological polar surface area (TPSA) is 46.2 Å². The Kier molecular flexibility index (Phi) is 5.35. The molecular weight excluding hydrogens is 246 g/mol. The van der Waals surface area contributed by atoms with Gasteiger partial charge in [-0.1, -0.05) is 26.0 Å². The van der Waals surface area contributed by atoms with Crippen molar-refractivity contribution < 1.29 is 8.42 Å². The number of sulfone groups is 1. The zero-order valence-corrected chi connectivity index (χ0v) is 12.4. The van der Waals surface area contributed by atoms with E-state index in [1.165, 1.54) is 11.8 Å². The smallest absolute Gasteiger partial charge is 0.175 e. The molecule has 0 saturated heterocycles. The third kappa shape index (κ3) is 3.82. The van der Waals surface area contributed by atoms with E-state index in [4.69, 9.17) is 0 Å². The van der Waals surface area contributed by atoms with E-state index >= 15 is 0 Å². The van der Waals surface area contributed by atoms with Gasteiger partial charge in [0.2, 0.25) is 0 Å². The molecule has 0 aliphatic carbocycles. The van der Waals surface area contributed by atoms with Gasteiger partial charge in [-0.3, -0.25) is 0 Å². The van der Waals surface area contributed by atoms with Gasteiger partial charge in [-0.15, -0.1) is 0 Å². The van der Waals surface area contributed by atoms with Crippen LogP contribution in [0.4, 0.5) is 0 Å². The molecule has 0 amide bonds. The number of likely N-dealkylation sites (N-methyl/N-ethyl adjacent to an activating group) is 1. The van der Waals surface area contributed by atoms with Gasteiger partial charge in [0.05, 0.1) is 4.90 Å². The van der Waals surface area contributed by atoms with Crippen LogP contribution >= 0.6 is 0 Å². The molecular formula is C14H23NO2S. The second kappa shape index (κ2) is 6.34. The maximum atomic E-state index is 11.4. The van der Waals surface area contributed by atoms with E-state index in [0.717, 1.165) is 13.0 Å². The van der Waals surface area contributed by atoms with Crippen LogP contribution in [-0.2, 0) is 9.84 Å². The van der Waals surface area contributed by atoms with Crippen LogP contribution in [0.1, 0.15) is 38.7 Å². The molecule has 1 rings (SSSR count). The highest BCUT2D eigenvalue weighted by atomic mass is 32.2. The molecule has 0 heterocycles. The molecule has 2 unspecified atom stereocenters. The SMILES string of the molecule is CCNC(C)C(CC)c1ccc(S(C)(=O)=O)cc1. The van der Waals surface area contributed by atoms with Crippen molar-refractivity contribution >= 4 is 9.84 Å². The van der Waals surface area contributed by atoms with Crippen molar-refractivity contribution in [1.82, 2.24) is 5.32 Å². The fourth-order valence-electron chi connectivity index (χ4n) is 2.30. The molecule has 0 aliphatic rings. The molecule has 0 bridgehead atoms. The zero-order chi connectivity index (χ0) is 13.8. The van der Waals surface area contributed by atoms with Crippen LogP contribution in [0.5, 0.6) is 0 Å². The second-order valence-corrected chi connectivity index (χ2v) is 6.72. The number of hydrogen-bond donors (Lipinski definition) is 1. The van der Waals surface area contributed by atoms with Crippen molar-refractivity contribution in [3.05, 3.63) is 29.8 Å². The Bertz CT molecular complexity index is 465. The quantitative estimate of drug-likeness (QED) is 0.863. The monoisotopic (exact) mass is 269 g/mol. The summed E-state index contributed by atoms with van der Waals surface area (Å²) in [6.07, 6.45) is 2.27. The summed E-state index contributed by atoms with van der Waals surface area (Å²) >= 11 is 0. The largest absolute Gasteiger partial charge is 0.314 e. The van der Waals surface area contributed by atoms with Gasteiger partial charge in [0.25, 0.3) is 0 Å². The van der Waals surface area contributed by atoms with Crippen molar-refractivity contribution in [2.24, 2.45) is 0 Å². The Hall–Kier alpha value is -0.870. The summed E-state index contributed by atoms with van der Waals surface area (Å²) < 4.78 is 22.8. The van der Waals surface area contributed by atoms with E-state index in [2.05, 4.69) is 26.1 Å². The summed E-state index contributed by atoms with van der Waals surface area (Å²) in [6.45, 7) is 7.36. The molecule has 1 aromatic carbocycles. The van der Waals surface area contributed by atoms with Crippen LogP contribution in [0.15, 0.2) is 29.2 Å². The maximum absolute atomic E-state index is 11.4. The Labute approximate surface area is 111 Å². The molecule has 1 N–H and O–H groups in total. The third-order valence-corrected chi connectivity index (χ3v) is 4.43. The van der Waals surface area contributed by atoms with E-state index in [1.807, 2.05) is 12.1 Å². The summed E-state index contributed by atoms with van der Waals surface area (Å²) in [5.74, 6) is 0.415.